The van der Waals surface area contributed by atoms with Crippen molar-refractivity contribution in [3.05, 3.63) is 303 Å². The zero-order chi connectivity index (χ0) is 49.2. The van der Waals surface area contributed by atoms with Gasteiger partial charge in [0.2, 0.25) is 0 Å². The van der Waals surface area contributed by atoms with E-state index in [1.807, 2.05) is 0 Å². The molecule has 0 spiro atoms. The monoisotopic (exact) mass is 942 g/mol. The third kappa shape index (κ3) is 8.35. The molecule has 13 rings (SSSR count). The zero-order valence-electron chi connectivity index (χ0n) is 40.8. The lowest BCUT2D eigenvalue weighted by atomic mass is 9.94. The molecule has 12 aromatic carbocycles. The van der Waals surface area contributed by atoms with Gasteiger partial charge in [0.05, 0.1) is 11.2 Å². The Bertz CT molecular complexity index is 3820. The Kier molecular flexibility index (Phi) is 11.6. The van der Waals surface area contributed by atoms with Gasteiger partial charge < -0.3 is 9.47 Å². The van der Waals surface area contributed by atoms with Crippen molar-refractivity contribution in [1.29, 1.82) is 0 Å². The average Bonchev–Trinajstić information content (AvgIpc) is 3.85. The average molecular weight is 943 g/mol. The molecule has 0 radical (unpaired) electrons. The van der Waals surface area contributed by atoms with E-state index in [1.165, 1.54) is 71.9 Å². The van der Waals surface area contributed by atoms with E-state index in [1.54, 1.807) is 0 Å². The van der Waals surface area contributed by atoms with Gasteiger partial charge in [0.15, 0.2) is 0 Å². The van der Waals surface area contributed by atoms with E-state index in [0.717, 1.165) is 50.6 Å². The first-order valence-electron chi connectivity index (χ1n) is 25.4. The summed E-state index contributed by atoms with van der Waals surface area (Å²) >= 11 is 0. The van der Waals surface area contributed by atoms with E-state index in [9.17, 15) is 0 Å². The standard InChI is InChI=1S/C72H50N2/c1-8-23-51(24-9-1)58-45-59(52-25-10-2-11-26-52)48-64(47-58)73(65-49-60(53-27-12-3-13-28-53)46-61(50-65)54-29-14-4-15-30-54)63-41-39-55(40-42-63)66-37-22-38-68-67(66)43-44-69-70(56-31-16-5-17-32-56)71(57-33-18-6-19-34-57)74(72(68)69)62-35-20-7-21-36-62/h1-50H. The number of rotatable bonds is 11. The second-order valence-corrected chi connectivity index (χ2v) is 18.9. The van der Waals surface area contributed by atoms with Gasteiger partial charge in [-0.15, -0.1) is 0 Å². The smallest absolute Gasteiger partial charge is 0.0620 e. The van der Waals surface area contributed by atoms with Crippen molar-refractivity contribution in [2.75, 3.05) is 4.90 Å². The lowest BCUT2D eigenvalue weighted by Crippen LogP contribution is -2.11. The summed E-state index contributed by atoms with van der Waals surface area (Å²) in [5.41, 5.74) is 21.9. The van der Waals surface area contributed by atoms with Gasteiger partial charge in [0.25, 0.3) is 0 Å². The van der Waals surface area contributed by atoms with Crippen LogP contribution < -0.4 is 4.90 Å². The summed E-state index contributed by atoms with van der Waals surface area (Å²) in [5.74, 6) is 0. The lowest BCUT2D eigenvalue weighted by molar-refractivity contribution is 1.14. The maximum Gasteiger partial charge on any atom is 0.0620 e. The van der Waals surface area contributed by atoms with Crippen LogP contribution in [0.1, 0.15) is 0 Å². The van der Waals surface area contributed by atoms with E-state index in [0.29, 0.717) is 0 Å². The van der Waals surface area contributed by atoms with Gasteiger partial charge in [-0.3, -0.25) is 0 Å². The van der Waals surface area contributed by atoms with Crippen LogP contribution in [0.15, 0.2) is 303 Å². The van der Waals surface area contributed by atoms with Gasteiger partial charge in [0.1, 0.15) is 0 Å². The van der Waals surface area contributed by atoms with Crippen molar-refractivity contribution in [2.45, 2.75) is 0 Å². The second kappa shape index (κ2) is 19.4. The molecule has 0 aliphatic carbocycles. The van der Waals surface area contributed by atoms with Crippen molar-refractivity contribution in [1.82, 2.24) is 4.57 Å². The minimum absolute atomic E-state index is 1.06. The highest BCUT2D eigenvalue weighted by Gasteiger charge is 2.24. The van der Waals surface area contributed by atoms with Crippen LogP contribution in [-0.4, -0.2) is 4.57 Å². The van der Waals surface area contributed by atoms with Gasteiger partial charge in [-0.1, -0.05) is 243 Å². The van der Waals surface area contributed by atoms with Gasteiger partial charge >= 0.3 is 0 Å². The molecule has 1 heterocycles. The Morgan fingerprint density at radius 3 is 1.07 bits per heavy atom. The number of anilines is 3. The molecular formula is C72H50N2. The molecular weight excluding hydrogens is 893 g/mol. The van der Waals surface area contributed by atoms with Crippen molar-refractivity contribution in [3.8, 4) is 83.7 Å². The highest BCUT2D eigenvalue weighted by molar-refractivity contribution is 6.18. The fourth-order valence-corrected chi connectivity index (χ4v) is 10.9. The summed E-state index contributed by atoms with van der Waals surface area (Å²) in [6.07, 6.45) is 0. The molecule has 0 amide bonds. The maximum atomic E-state index is 2.49. The van der Waals surface area contributed by atoms with Gasteiger partial charge in [-0.05, 0) is 133 Å². The Labute approximate surface area is 433 Å². The number of hydrogen-bond acceptors (Lipinski definition) is 1. The highest BCUT2D eigenvalue weighted by atomic mass is 15.1. The lowest BCUT2D eigenvalue weighted by Gasteiger charge is -2.28. The Hall–Kier alpha value is -9.76. The first-order chi connectivity index (χ1) is 36.7. The zero-order valence-corrected chi connectivity index (χ0v) is 40.8. The van der Waals surface area contributed by atoms with Crippen LogP contribution >= 0.6 is 0 Å². The first kappa shape index (κ1) is 44.2. The molecule has 0 aliphatic rings. The Morgan fingerprint density at radius 1 is 0.230 bits per heavy atom. The molecule has 74 heavy (non-hydrogen) atoms. The van der Waals surface area contributed by atoms with Crippen molar-refractivity contribution >= 4 is 38.7 Å². The largest absolute Gasteiger partial charge is 0.310 e. The summed E-state index contributed by atoms with van der Waals surface area (Å²) in [4.78, 5) is 2.44. The summed E-state index contributed by atoms with van der Waals surface area (Å²) in [7, 11) is 0. The third-order valence-electron chi connectivity index (χ3n) is 14.3. The molecule has 0 N–H and O–H groups in total. The molecule has 0 aliphatic heterocycles. The number of nitrogens with zero attached hydrogens (tertiary/aromatic N) is 2. The van der Waals surface area contributed by atoms with E-state index in [2.05, 4.69) is 313 Å². The number of aromatic nitrogens is 1. The van der Waals surface area contributed by atoms with Crippen molar-refractivity contribution in [3.63, 3.8) is 0 Å². The number of benzene rings is 12. The number of para-hydroxylation sites is 1. The number of hydrogen-bond donors (Lipinski definition) is 0. The van der Waals surface area contributed by atoms with E-state index >= 15 is 0 Å². The van der Waals surface area contributed by atoms with Crippen LogP contribution in [0.25, 0.3) is 105 Å². The molecule has 0 unspecified atom stereocenters. The maximum absolute atomic E-state index is 2.49. The fraction of sp³-hybridized carbons (Fsp3) is 0. The van der Waals surface area contributed by atoms with Gasteiger partial charge in [-0.2, -0.15) is 0 Å². The topological polar surface area (TPSA) is 8.17 Å². The molecule has 2 nitrogen and oxygen atoms in total. The highest BCUT2D eigenvalue weighted by Crippen LogP contribution is 2.47. The summed E-state index contributed by atoms with van der Waals surface area (Å²) in [6.45, 7) is 0. The minimum atomic E-state index is 1.06. The molecule has 0 saturated carbocycles. The van der Waals surface area contributed by atoms with Crippen LogP contribution in [0.4, 0.5) is 17.1 Å². The Morgan fingerprint density at radius 2 is 0.622 bits per heavy atom. The van der Waals surface area contributed by atoms with E-state index in [4.69, 9.17) is 0 Å². The van der Waals surface area contributed by atoms with Crippen LogP contribution in [0, 0.1) is 0 Å². The van der Waals surface area contributed by atoms with Gasteiger partial charge in [0, 0.05) is 39.1 Å². The van der Waals surface area contributed by atoms with Crippen LogP contribution in [0.2, 0.25) is 0 Å². The van der Waals surface area contributed by atoms with E-state index in [-0.39, 0.29) is 0 Å². The first-order valence-corrected chi connectivity index (χ1v) is 25.4. The molecule has 0 saturated heterocycles. The SMILES string of the molecule is c1ccc(-c2cc(-c3ccccc3)cc(N(c3ccc(-c4cccc5c4ccc4c(-c6ccccc6)c(-c6ccccc6)n(-c6ccccc6)c45)cc3)c3cc(-c4ccccc4)cc(-c4ccccc4)c3)c2)cc1. The second-order valence-electron chi connectivity index (χ2n) is 18.9. The predicted molar refractivity (Wildman–Crippen MR) is 314 cm³/mol. The molecule has 13 aromatic rings. The van der Waals surface area contributed by atoms with Crippen LogP contribution in [0.5, 0.6) is 0 Å². The summed E-state index contributed by atoms with van der Waals surface area (Å²) in [5, 5.41) is 3.62. The van der Waals surface area contributed by atoms with E-state index < -0.39 is 0 Å². The predicted octanol–water partition coefficient (Wildman–Crippen LogP) is 19.9. The van der Waals surface area contributed by atoms with Crippen molar-refractivity contribution in [2.24, 2.45) is 0 Å². The quantitative estimate of drug-likeness (QED) is 0.125. The van der Waals surface area contributed by atoms with Crippen LogP contribution in [-0.2, 0) is 0 Å². The minimum Gasteiger partial charge on any atom is -0.310 e. The molecule has 0 fully saturated rings. The summed E-state index contributed by atoms with van der Waals surface area (Å²) < 4.78 is 2.49. The summed E-state index contributed by atoms with van der Waals surface area (Å²) in [6, 6.07) is 110. The van der Waals surface area contributed by atoms with Crippen LogP contribution in [0.3, 0.4) is 0 Å². The molecule has 2 heteroatoms. The molecule has 348 valence electrons. The fourth-order valence-electron chi connectivity index (χ4n) is 10.9. The van der Waals surface area contributed by atoms with Crippen molar-refractivity contribution < 1.29 is 0 Å². The third-order valence-corrected chi connectivity index (χ3v) is 14.3. The Balaban J connectivity index is 1.02. The normalized spacial score (nSPS) is 11.2. The molecule has 0 bridgehead atoms. The number of fused-ring (bicyclic) bond motifs is 3. The molecule has 0 atom stereocenters. The van der Waals surface area contributed by atoms with Gasteiger partial charge in [-0.25, -0.2) is 0 Å². The molecule has 1 aromatic heterocycles.